The van der Waals surface area contributed by atoms with Gasteiger partial charge in [-0.25, -0.2) is 5.43 Å². The van der Waals surface area contributed by atoms with Crippen molar-refractivity contribution < 1.29 is 19.1 Å². The molecule has 3 aromatic rings. The van der Waals surface area contributed by atoms with Crippen molar-refractivity contribution in [1.29, 1.82) is 0 Å². The Morgan fingerprint density at radius 2 is 1.72 bits per heavy atom. The Hall–Kier alpha value is -4.53. The predicted octanol–water partition coefficient (Wildman–Crippen LogP) is 1.87. The second-order valence-electron chi connectivity index (χ2n) is 6.51. The highest BCUT2D eigenvalue weighted by molar-refractivity contribution is 6.35. The zero-order chi connectivity index (χ0) is 22.6. The van der Waals surface area contributed by atoms with E-state index < -0.39 is 11.8 Å². The van der Waals surface area contributed by atoms with Gasteiger partial charge < -0.3 is 15.4 Å². The first-order valence-electron chi connectivity index (χ1n) is 9.68. The van der Waals surface area contributed by atoms with Crippen molar-refractivity contribution in [1.82, 2.24) is 15.7 Å². The summed E-state index contributed by atoms with van der Waals surface area (Å²) in [6, 6.07) is 19.3. The van der Waals surface area contributed by atoms with Gasteiger partial charge in [-0.05, 0) is 53.6 Å². The number of ether oxygens (including phenoxy) is 1. The van der Waals surface area contributed by atoms with Crippen molar-refractivity contribution in [3.05, 3.63) is 90.3 Å². The third-order valence-corrected chi connectivity index (χ3v) is 4.07. The van der Waals surface area contributed by atoms with Gasteiger partial charge in [-0.2, -0.15) is 5.10 Å². The molecule has 0 aliphatic rings. The molecule has 1 heterocycles. The van der Waals surface area contributed by atoms with E-state index in [1.54, 1.807) is 60.9 Å². The van der Waals surface area contributed by atoms with Crippen LogP contribution in [-0.4, -0.2) is 35.5 Å². The van der Waals surface area contributed by atoms with Crippen LogP contribution in [0.1, 0.15) is 11.1 Å². The summed E-state index contributed by atoms with van der Waals surface area (Å²) in [7, 11) is 0. The molecule has 32 heavy (non-hydrogen) atoms. The van der Waals surface area contributed by atoms with Gasteiger partial charge in [0, 0.05) is 24.6 Å². The average molecular weight is 431 g/mol. The number of hydrazone groups is 1. The van der Waals surface area contributed by atoms with Crippen molar-refractivity contribution in [2.75, 3.05) is 11.9 Å². The Morgan fingerprint density at radius 1 is 0.938 bits per heavy atom. The van der Waals surface area contributed by atoms with E-state index in [1.165, 1.54) is 6.21 Å². The number of benzene rings is 2. The number of nitrogens with one attached hydrogen (secondary N) is 3. The summed E-state index contributed by atoms with van der Waals surface area (Å²) in [5, 5.41) is 8.97. The molecule has 3 amide bonds. The number of anilines is 1. The zero-order valence-electron chi connectivity index (χ0n) is 17.0. The van der Waals surface area contributed by atoms with Crippen LogP contribution in [0.15, 0.2) is 84.2 Å². The highest BCUT2D eigenvalue weighted by Gasteiger charge is 2.11. The molecule has 1 aromatic heterocycles. The minimum Gasteiger partial charge on any atom is -0.484 e. The lowest BCUT2D eigenvalue weighted by Gasteiger charge is -2.07. The van der Waals surface area contributed by atoms with Crippen molar-refractivity contribution in [3.8, 4) is 5.75 Å². The summed E-state index contributed by atoms with van der Waals surface area (Å²) >= 11 is 0. The fourth-order valence-corrected chi connectivity index (χ4v) is 2.50. The first kappa shape index (κ1) is 22.2. The average Bonchev–Trinajstić information content (AvgIpc) is 2.83. The zero-order valence-corrected chi connectivity index (χ0v) is 17.0. The molecular formula is C23H21N5O4. The van der Waals surface area contributed by atoms with Gasteiger partial charge in [0.2, 0.25) is 0 Å². The molecule has 0 radical (unpaired) electrons. The molecule has 9 nitrogen and oxygen atoms in total. The quantitative estimate of drug-likeness (QED) is 0.286. The lowest BCUT2D eigenvalue weighted by atomic mass is 10.2. The molecule has 3 rings (SSSR count). The smallest absolute Gasteiger partial charge is 0.329 e. The van der Waals surface area contributed by atoms with E-state index in [1.807, 2.05) is 18.2 Å². The molecule has 0 spiro atoms. The van der Waals surface area contributed by atoms with Crippen LogP contribution >= 0.6 is 0 Å². The normalized spacial score (nSPS) is 10.4. The minimum atomic E-state index is -0.880. The van der Waals surface area contributed by atoms with Crippen LogP contribution in [-0.2, 0) is 20.9 Å². The summed E-state index contributed by atoms with van der Waals surface area (Å²) in [6.45, 7) is 0.0567. The maximum absolute atomic E-state index is 11.9. The molecule has 162 valence electrons. The van der Waals surface area contributed by atoms with Crippen molar-refractivity contribution in [3.63, 3.8) is 0 Å². The fourth-order valence-electron chi connectivity index (χ4n) is 2.50. The number of rotatable bonds is 8. The van der Waals surface area contributed by atoms with Crippen molar-refractivity contribution >= 4 is 29.6 Å². The van der Waals surface area contributed by atoms with Crippen molar-refractivity contribution in [2.45, 2.75) is 6.54 Å². The molecule has 0 aliphatic carbocycles. The van der Waals surface area contributed by atoms with Crippen LogP contribution in [0.3, 0.4) is 0 Å². The maximum atomic E-state index is 11.9. The number of pyridine rings is 1. The second kappa shape index (κ2) is 11.6. The monoisotopic (exact) mass is 431 g/mol. The Balaban J connectivity index is 1.39. The number of nitrogens with zero attached hydrogens (tertiary/aromatic N) is 2. The molecule has 2 aromatic carbocycles. The fraction of sp³-hybridized carbons (Fsp3) is 0.0870. The maximum Gasteiger partial charge on any atom is 0.329 e. The number of carbonyl (C=O) groups excluding carboxylic acids is 3. The Labute approximate surface area is 184 Å². The number of carbonyl (C=O) groups is 3. The van der Waals surface area contributed by atoms with Gasteiger partial charge in [-0.3, -0.25) is 19.4 Å². The van der Waals surface area contributed by atoms with Gasteiger partial charge in [0.25, 0.3) is 5.91 Å². The summed E-state index contributed by atoms with van der Waals surface area (Å²) in [5.74, 6) is -1.45. The third-order valence-electron chi connectivity index (χ3n) is 4.07. The topological polar surface area (TPSA) is 122 Å². The van der Waals surface area contributed by atoms with Gasteiger partial charge in [-0.1, -0.05) is 24.3 Å². The van der Waals surface area contributed by atoms with Crippen LogP contribution in [0.25, 0.3) is 0 Å². The van der Waals surface area contributed by atoms with E-state index >= 15 is 0 Å². The number of amides is 3. The standard InChI is InChI=1S/C23H21N5O4/c29-21(27-19-6-2-1-3-7-19)16-32-20-10-8-17(9-11-20)15-26-28-23(31)22(30)25-14-18-5-4-12-24-13-18/h1-13,15H,14,16H2,(H,25,30)(H,27,29)(H,28,31)/b26-15-. The summed E-state index contributed by atoms with van der Waals surface area (Å²) < 4.78 is 5.45. The van der Waals surface area contributed by atoms with E-state index in [0.717, 1.165) is 5.56 Å². The Morgan fingerprint density at radius 3 is 2.44 bits per heavy atom. The second-order valence-corrected chi connectivity index (χ2v) is 6.51. The minimum absolute atomic E-state index is 0.132. The Bertz CT molecular complexity index is 1070. The molecule has 0 aliphatic heterocycles. The first-order chi connectivity index (χ1) is 15.6. The number of hydrogen-bond acceptors (Lipinski definition) is 6. The van der Waals surface area contributed by atoms with Crippen LogP contribution in [0.2, 0.25) is 0 Å². The molecule has 0 saturated carbocycles. The summed E-state index contributed by atoms with van der Waals surface area (Å²) in [6.07, 6.45) is 4.60. The third kappa shape index (κ3) is 7.38. The predicted molar refractivity (Wildman–Crippen MR) is 119 cm³/mol. The number of hydrogen-bond donors (Lipinski definition) is 3. The number of para-hydroxylation sites is 1. The van der Waals surface area contributed by atoms with E-state index in [4.69, 9.17) is 4.74 Å². The largest absolute Gasteiger partial charge is 0.484 e. The summed E-state index contributed by atoms with van der Waals surface area (Å²) in [4.78, 5) is 39.4. The van der Waals surface area contributed by atoms with Gasteiger partial charge in [0.15, 0.2) is 6.61 Å². The van der Waals surface area contributed by atoms with E-state index in [9.17, 15) is 14.4 Å². The van der Waals surface area contributed by atoms with Gasteiger partial charge in [0.05, 0.1) is 6.21 Å². The Kier molecular flexibility index (Phi) is 8.04. The highest BCUT2D eigenvalue weighted by Crippen LogP contribution is 2.11. The first-order valence-corrected chi connectivity index (χ1v) is 9.68. The highest BCUT2D eigenvalue weighted by atomic mass is 16.5. The van der Waals surface area contributed by atoms with Gasteiger partial charge in [-0.15, -0.1) is 0 Å². The van der Waals surface area contributed by atoms with Crippen LogP contribution in [0.5, 0.6) is 5.75 Å². The molecule has 0 fully saturated rings. The van der Waals surface area contributed by atoms with Crippen molar-refractivity contribution in [2.24, 2.45) is 5.10 Å². The van der Waals surface area contributed by atoms with Gasteiger partial charge >= 0.3 is 11.8 Å². The summed E-state index contributed by atoms with van der Waals surface area (Å²) in [5.41, 5.74) is 4.30. The lowest BCUT2D eigenvalue weighted by Crippen LogP contribution is -2.37. The number of aromatic nitrogens is 1. The molecule has 9 heteroatoms. The molecule has 3 N–H and O–H groups in total. The molecule has 0 unspecified atom stereocenters. The molecule has 0 atom stereocenters. The van der Waals surface area contributed by atoms with E-state index in [2.05, 4.69) is 26.1 Å². The van der Waals surface area contributed by atoms with E-state index in [-0.39, 0.29) is 19.1 Å². The molecule has 0 bridgehead atoms. The lowest BCUT2D eigenvalue weighted by molar-refractivity contribution is -0.139. The van der Waals surface area contributed by atoms with Gasteiger partial charge in [0.1, 0.15) is 5.75 Å². The van der Waals surface area contributed by atoms with E-state index in [0.29, 0.717) is 17.0 Å². The van der Waals surface area contributed by atoms with Crippen LogP contribution in [0, 0.1) is 0 Å². The molecular weight excluding hydrogens is 410 g/mol. The van der Waals surface area contributed by atoms with Crippen LogP contribution in [0.4, 0.5) is 5.69 Å². The SMILES string of the molecule is O=C(COc1ccc(/C=N\NC(=O)C(=O)NCc2cccnc2)cc1)Nc1ccccc1. The molecule has 0 saturated heterocycles. The van der Waals surface area contributed by atoms with Crippen LogP contribution < -0.4 is 20.8 Å².